The molecule has 0 aromatic heterocycles. The highest BCUT2D eigenvalue weighted by atomic mass is 16.4. The molecule has 1 aliphatic heterocycles. The molecule has 2 N–H and O–H groups in total. The van der Waals surface area contributed by atoms with Crippen molar-refractivity contribution in [1.29, 1.82) is 0 Å². The number of aliphatic carboxylic acids is 1. The van der Waals surface area contributed by atoms with Gasteiger partial charge in [-0.05, 0) is 32.1 Å². The van der Waals surface area contributed by atoms with Crippen molar-refractivity contribution in [3.05, 3.63) is 0 Å². The molecule has 0 aromatic carbocycles. The summed E-state index contributed by atoms with van der Waals surface area (Å²) in [5.74, 6) is -1.41. The van der Waals surface area contributed by atoms with Crippen LogP contribution in [-0.4, -0.2) is 64.9 Å². The van der Waals surface area contributed by atoms with E-state index in [1.807, 2.05) is 0 Å². The maximum absolute atomic E-state index is 11.9. The van der Waals surface area contributed by atoms with E-state index in [-0.39, 0.29) is 49.3 Å². The molecule has 1 saturated carbocycles. The van der Waals surface area contributed by atoms with Crippen LogP contribution < -0.4 is 5.32 Å². The molecular formula is C15H23N3O5. The first-order chi connectivity index (χ1) is 10.9. The fourth-order valence-electron chi connectivity index (χ4n) is 3.07. The van der Waals surface area contributed by atoms with Crippen LogP contribution in [0.2, 0.25) is 0 Å². The maximum atomic E-state index is 11.9. The van der Waals surface area contributed by atoms with E-state index < -0.39 is 5.97 Å². The van der Waals surface area contributed by atoms with Gasteiger partial charge in [0.25, 0.3) is 0 Å². The second-order valence-electron chi connectivity index (χ2n) is 6.24. The van der Waals surface area contributed by atoms with E-state index in [1.54, 1.807) is 7.05 Å². The van der Waals surface area contributed by atoms with E-state index >= 15 is 0 Å². The van der Waals surface area contributed by atoms with E-state index in [4.69, 9.17) is 5.11 Å². The summed E-state index contributed by atoms with van der Waals surface area (Å²) in [7, 11) is 1.57. The first-order valence-corrected chi connectivity index (χ1v) is 7.96. The number of carboxylic acids is 1. The van der Waals surface area contributed by atoms with Gasteiger partial charge in [-0.2, -0.15) is 0 Å². The summed E-state index contributed by atoms with van der Waals surface area (Å²) in [5.41, 5.74) is 0. The summed E-state index contributed by atoms with van der Waals surface area (Å²) in [4.78, 5) is 48.6. The number of nitrogens with zero attached hydrogens (tertiary/aromatic N) is 2. The molecular weight excluding hydrogens is 302 g/mol. The van der Waals surface area contributed by atoms with Crippen molar-refractivity contribution in [2.24, 2.45) is 5.92 Å². The molecule has 1 saturated heterocycles. The smallest absolute Gasteiger partial charge is 0.326 e. The molecule has 0 unspecified atom stereocenters. The largest absolute Gasteiger partial charge is 0.481 e. The number of urea groups is 1. The summed E-state index contributed by atoms with van der Waals surface area (Å²) < 4.78 is 0. The summed E-state index contributed by atoms with van der Waals surface area (Å²) in [6.07, 6.45) is 3.21. The minimum Gasteiger partial charge on any atom is -0.481 e. The number of likely N-dealkylation sites (N-methyl/N-ethyl adjacent to an activating group) is 1. The van der Waals surface area contributed by atoms with Gasteiger partial charge in [-0.3, -0.25) is 19.3 Å². The van der Waals surface area contributed by atoms with Gasteiger partial charge in [-0.25, -0.2) is 4.79 Å². The number of hydrogen-bond acceptors (Lipinski definition) is 4. The van der Waals surface area contributed by atoms with E-state index in [1.165, 1.54) is 9.80 Å². The van der Waals surface area contributed by atoms with Crippen molar-refractivity contribution in [2.45, 2.75) is 44.6 Å². The second-order valence-corrected chi connectivity index (χ2v) is 6.24. The SMILES string of the molecule is CN1CC(=O)N(CCCC(=O)NC2CCC(C(=O)O)CC2)C1=O. The summed E-state index contributed by atoms with van der Waals surface area (Å²) >= 11 is 0. The molecule has 1 heterocycles. The number of hydrogen-bond donors (Lipinski definition) is 2. The zero-order valence-corrected chi connectivity index (χ0v) is 13.3. The van der Waals surface area contributed by atoms with Gasteiger partial charge in [0.05, 0.1) is 5.92 Å². The minimum atomic E-state index is -0.764. The Morgan fingerprint density at radius 2 is 1.87 bits per heavy atom. The van der Waals surface area contributed by atoms with Crippen LogP contribution in [0.1, 0.15) is 38.5 Å². The van der Waals surface area contributed by atoms with Crippen LogP contribution in [-0.2, 0) is 14.4 Å². The topological polar surface area (TPSA) is 107 Å². The molecule has 2 fully saturated rings. The molecule has 4 amide bonds. The highest BCUT2D eigenvalue weighted by Gasteiger charge is 2.33. The Labute approximate surface area is 134 Å². The third-order valence-corrected chi connectivity index (χ3v) is 4.46. The summed E-state index contributed by atoms with van der Waals surface area (Å²) in [6.45, 7) is 0.346. The van der Waals surface area contributed by atoms with Crippen LogP contribution >= 0.6 is 0 Å². The molecule has 128 valence electrons. The number of rotatable bonds is 6. The average Bonchev–Trinajstić information content (AvgIpc) is 2.74. The van der Waals surface area contributed by atoms with Gasteiger partial charge in [0.1, 0.15) is 6.54 Å². The van der Waals surface area contributed by atoms with E-state index in [2.05, 4.69) is 5.32 Å². The predicted molar refractivity (Wildman–Crippen MR) is 80.5 cm³/mol. The van der Waals surface area contributed by atoms with E-state index in [0.717, 1.165) is 0 Å². The number of carbonyl (C=O) groups excluding carboxylic acids is 3. The van der Waals surface area contributed by atoms with Crippen LogP contribution in [0, 0.1) is 5.92 Å². The predicted octanol–water partition coefficient (Wildman–Crippen LogP) is 0.420. The van der Waals surface area contributed by atoms with Gasteiger partial charge < -0.3 is 15.3 Å². The van der Waals surface area contributed by atoms with Gasteiger partial charge in [-0.15, -0.1) is 0 Å². The highest BCUT2D eigenvalue weighted by Crippen LogP contribution is 2.24. The molecule has 0 aromatic rings. The Morgan fingerprint density at radius 1 is 1.22 bits per heavy atom. The van der Waals surface area contributed by atoms with Gasteiger partial charge in [0.15, 0.2) is 0 Å². The first kappa shape index (κ1) is 17.2. The molecule has 2 rings (SSSR count). The van der Waals surface area contributed by atoms with Crippen molar-refractivity contribution in [2.75, 3.05) is 20.1 Å². The Hall–Kier alpha value is -2.12. The molecule has 2 aliphatic rings. The van der Waals surface area contributed by atoms with E-state index in [0.29, 0.717) is 32.1 Å². The van der Waals surface area contributed by atoms with Crippen molar-refractivity contribution in [3.63, 3.8) is 0 Å². The third-order valence-electron chi connectivity index (χ3n) is 4.46. The van der Waals surface area contributed by atoms with Crippen LogP contribution in [0.4, 0.5) is 4.79 Å². The lowest BCUT2D eigenvalue weighted by atomic mass is 9.86. The number of nitrogens with one attached hydrogen (secondary N) is 1. The Morgan fingerprint density at radius 3 is 2.39 bits per heavy atom. The Bertz CT molecular complexity index is 499. The van der Waals surface area contributed by atoms with Crippen molar-refractivity contribution >= 4 is 23.8 Å². The van der Waals surface area contributed by atoms with Crippen molar-refractivity contribution in [3.8, 4) is 0 Å². The van der Waals surface area contributed by atoms with Gasteiger partial charge in [0, 0.05) is 26.1 Å². The molecule has 1 aliphatic carbocycles. The van der Waals surface area contributed by atoms with Crippen molar-refractivity contribution in [1.82, 2.24) is 15.1 Å². The van der Waals surface area contributed by atoms with Crippen LogP contribution in [0.25, 0.3) is 0 Å². The lowest BCUT2D eigenvalue weighted by molar-refractivity contribution is -0.142. The zero-order chi connectivity index (χ0) is 17.0. The highest BCUT2D eigenvalue weighted by molar-refractivity contribution is 6.01. The van der Waals surface area contributed by atoms with Gasteiger partial charge in [0.2, 0.25) is 11.8 Å². The van der Waals surface area contributed by atoms with Crippen LogP contribution in [0.3, 0.4) is 0 Å². The quantitative estimate of drug-likeness (QED) is 0.688. The minimum absolute atomic E-state index is 0.0271. The number of amides is 4. The molecule has 8 heteroatoms. The lowest BCUT2D eigenvalue weighted by Gasteiger charge is -2.26. The fraction of sp³-hybridized carbons (Fsp3) is 0.733. The average molecular weight is 325 g/mol. The van der Waals surface area contributed by atoms with Crippen LogP contribution in [0.15, 0.2) is 0 Å². The van der Waals surface area contributed by atoms with Crippen molar-refractivity contribution < 1.29 is 24.3 Å². The monoisotopic (exact) mass is 325 g/mol. The summed E-state index contributed by atoms with van der Waals surface area (Å²) in [6, 6.07) is -0.290. The molecule has 0 bridgehead atoms. The van der Waals surface area contributed by atoms with Gasteiger partial charge in [-0.1, -0.05) is 0 Å². The standard InChI is InChI=1S/C15H23N3O5/c1-17-9-13(20)18(15(17)23)8-2-3-12(19)16-11-6-4-10(5-7-11)14(21)22/h10-11H,2-9H2,1H3,(H,16,19)(H,21,22). The van der Waals surface area contributed by atoms with Gasteiger partial charge >= 0.3 is 12.0 Å². The molecule has 23 heavy (non-hydrogen) atoms. The maximum Gasteiger partial charge on any atom is 0.326 e. The number of carboxylic acid groups (broad SMARTS) is 1. The summed E-state index contributed by atoms with van der Waals surface area (Å²) in [5, 5.41) is 11.8. The number of carbonyl (C=O) groups is 4. The molecule has 0 radical (unpaired) electrons. The lowest BCUT2D eigenvalue weighted by Crippen LogP contribution is -2.39. The fourth-order valence-corrected chi connectivity index (χ4v) is 3.07. The normalized spacial score (nSPS) is 24.9. The van der Waals surface area contributed by atoms with Crippen LogP contribution in [0.5, 0.6) is 0 Å². The molecule has 0 spiro atoms. The third kappa shape index (κ3) is 4.43. The first-order valence-electron chi connectivity index (χ1n) is 7.96. The second kappa shape index (κ2) is 7.43. The van der Waals surface area contributed by atoms with E-state index in [9.17, 15) is 19.2 Å². The molecule has 8 nitrogen and oxygen atoms in total. The zero-order valence-electron chi connectivity index (χ0n) is 13.3. The number of imide groups is 1. The molecule has 0 atom stereocenters. The Kier molecular flexibility index (Phi) is 5.57. The Balaban J connectivity index is 1.65.